The zero-order valence-electron chi connectivity index (χ0n) is 14.9. The van der Waals surface area contributed by atoms with Crippen molar-refractivity contribution in [2.75, 3.05) is 6.54 Å². The second-order valence-electron chi connectivity index (χ2n) is 7.59. The largest absolute Gasteiger partial charge is 0.416 e. The molecule has 1 amide bonds. The van der Waals surface area contributed by atoms with Crippen LogP contribution >= 0.6 is 0 Å². The van der Waals surface area contributed by atoms with Crippen molar-refractivity contribution >= 4 is 5.91 Å². The summed E-state index contributed by atoms with van der Waals surface area (Å²) in [6.07, 6.45) is -2.78. The van der Waals surface area contributed by atoms with Crippen LogP contribution in [0.4, 0.5) is 13.2 Å². The maximum atomic E-state index is 13.0. The van der Waals surface area contributed by atoms with Crippen molar-refractivity contribution in [1.29, 1.82) is 0 Å². The van der Waals surface area contributed by atoms with Crippen molar-refractivity contribution in [2.24, 2.45) is 0 Å². The second kappa shape index (κ2) is 6.45. The fourth-order valence-electron chi connectivity index (χ4n) is 3.22. The number of amides is 1. The summed E-state index contributed by atoms with van der Waals surface area (Å²) in [4.78, 5) is 12.7. The van der Waals surface area contributed by atoms with E-state index in [1.165, 1.54) is 6.07 Å². The number of carbonyl (C=O) groups is 1. The molecular weight excluding hydrogens is 339 g/mol. The Labute approximate surface area is 151 Å². The first-order chi connectivity index (χ1) is 12.2. The van der Waals surface area contributed by atoms with E-state index in [1.54, 1.807) is 6.07 Å². The van der Waals surface area contributed by atoms with Gasteiger partial charge in [0.05, 0.1) is 11.0 Å². The smallest absolute Gasteiger partial charge is 0.354 e. The van der Waals surface area contributed by atoms with E-state index in [0.29, 0.717) is 5.56 Å². The van der Waals surface area contributed by atoms with E-state index < -0.39 is 22.6 Å². The van der Waals surface area contributed by atoms with Crippen molar-refractivity contribution in [1.82, 2.24) is 5.32 Å². The maximum absolute atomic E-state index is 13.0. The first-order valence-corrected chi connectivity index (χ1v) is 8.67. The molecule has 0 radical (unpaired) electrons. The minimum absolute atomic E-state index is 0.0521. The number of carbonyl (C=O) groups excluding carboxylic acids is 1. The molecule has 2 nitrogen and oxygen atoms in total. The Morgan fingerprint density at radius 1 is 1.00 bits per heavy atom. The van der Waals surface area contributed by atoms with Gasteiger partial charge in [-0.15, -0.1) is 0 Å². The molecule has 1 N–H and O–H groups in total. The predicted octanol–water partition coefficient (Wildman–Crippen LogP) is 4.83. The Morgan fingerprint density at radius 2 is 1.62 bits per heavy atom. The molecule has 1 aliphatic rings. The standard InChI is InChI=1S/C21H22F3NO/c1-19(2,16-9-6-10-17(13-16)21(22,23)24)14-25-18(26)20(11-12-20)15-7-4-3-5-8-15/h3-10,13H,11-12,14H2,1-2H3,(H,25,26). The molecule has 1 saturated carbocycles. The number of halogens is 3. The molecule has 0 heterocycles. The SMILES string of the molecule is CC(C)(CNC(=O)C1(c2ccccc2)CC1)c1cccc(C(F)(F)F)c1. The van der Waals surface area contributed by atoms with Gasteiger partial charge in [-0.25, -0.2) is 0 Å². The van der Waals surface area contributed by atoms with E-state index in [2.05, 4.69) is 5.32 Å². The van der Waals surface area contributed by atoms with E-state index in [1.807, 2.05) is 44.2 Å². The van der Waals surface area contributed by atoms with Crippen LogP contribution < -0.4 is 5.32 Å². The predicted molar refractivity (Wildman–Crippen MR) is 94.8 cm³/mol. The highest BCUT2D eigenvalue weighted by Gasteiger charge is 2.51. The third-order valence-electron chi connectivity index (χ3n) is 5.17. The summed E-state index contributed by atoms with van der Waals surface area (Å²) in [6, 6.07) is 14.9. The van der Waals surface area contributed by atoms with Crippen molar-refractivity contribution in [2.45, 2.75) is 43.7 Å². The molecule has 3 rings (SSSR count). The average molecular weight is 361 g/mol. The Kier molecular flexibility index (Phi) is 4.59. The van der Waals surface area contributed by atoms with Gasteiger partial charge in [-0.05, 0) is 30.0 Å². The Hall–Kier alpha value is -2.30. The van der Waals surface area contributed by atoms with E-state index in [0.717, 1.165) is 30.5 Å². The molecular formula is C21H22F3NO. The fourth-order valence-corrected chi connectivity index (χ4v) is 3.22. The number of rotatable bonds is 5. The Balaban J connectivity index is 1.72. The highest BCUT2D eigenvalue weighted by molar-refractivity contribution is 5.91. The first-order valence-electron chi connectivity index (χ1n) is 8.67. The minimum atomic E-state index is -4.37. The second-order valence-corrected chi connectivity index (χ2v) is 7.59. The average Bonchev–Trinajstić information content (AvgIpc) is 3.42. The number of benzene rings is 2. The summed E-state index contributed by atoms with van der Waals surface area (Å²) in [5.74, 6) is -0.0521. The van der Waals surface area contributed by atoms with E-state index in [-0.39, 0.29) is 12.5 Å². The van der Waals surface area contributed by atoms with Gasteiger partial charge in [0.15, 0.2) is 0 Å². The summed E-state index contributed by atoms with van der Waals surface area (Å²) in [6.45, 7) is 3.96. The van der Waals surface area contributed by atoms with E-state index in [4.69, 9.17) is 0 Å². The van der Waals surface area contributed by atoms with Crippen LogP contribution in [0.5, 0.6) is 0 Å². The van der Waals surface area contributed by atoms with Crippen LogP contribution in [0.3, 0.4) is 0 Å². The zero-order chi connectivity index (χ0) is 19.0. The van der Waals surface area contributed by atoms with Crippen LogP contribution in [0.15, 0.2) is 54.6 Å². The fraction of sp³-hybridized carbons (Fsp3) is 0.381. The molecule has 0 aliphatic heterocycles. The van der Waals surface area contributed by atoms with Crippen molar-refractivity contribution < 1.29 is 18.0 Å². The van der Waals surface area contributed by atoms with Crippen LogP contribution in [-0.2, 0) is 21.8 Å². The highest BCUT2D eigenvalue weighted by atomic mass is 19.4. The van der Waals surface area contributed by atoms with Crippen LogP contribution in [-0.4, -0.2) is 12.5 Å². The lowest BCUT2D eigenvalue weighted by atomic mass is 9.83. The molecule has 0 atom stereocenters. The molecule has 0 saturated heterocycles. The number of hydrogen-bond donors (Lipinski definition) is 1. The van der Waals surface area contributed by atoms with Gasteiger partial charge in [-0.3, -0.25) is 4.79 Å². The molecule has 2 aromatic carbocycles. The summed E-state index contributed by atoms with van der Waals surface area (Å²) in [5.41, 5.74) is -0.210. The molecule has 0 unspecified atom stereocenters. The first kappa shape index (κ1) is 18.5. The van der Waals surface area contributed by atoms with Gasteiger partial charge >= 0.3 is 6.18 Å². The van der Waals surface area contributed by atoms with Crippen molar-refractivity contribution in [3.05, 3.63) is 71.3 Å². The summed E-state index contributed by atoms with van der Waals surface area (Å²) >= 11 is 0. The lowest BCUT2D eigenvalue weighted by Gasteiger charge is -2.28. The molecule has 26 heavy (non-hydrogen) atoms. The quantitative estimate of drug-likeness (QED) is 0.812. The third-order valence-corrected chi connectivity index (χ3v) is 5.17. The van der Waals surface area contributed by atoms with Gasteiger partial charge in [0.1, 0.15) is 0 Å². The minimum Gasteiger partial charge on any atom is -0.354 e. The van der Waals surface area contributed by atoms with Gasteiger partial charge in [0.25, 0.3) is 0 Å². The Morgan fingerprint density at radius 3 is 2.19 bits per heavy atom. The highest BCUT2D eigenvalue weighted by Crippen LogP contribution is 2.48. The van der Waals surface area contributed by atoms with Crippen molar-refractivity contribution in [3.8, 4) is 0 Å². The summed E-state index contributed by atoms with van der Waals surface area (Å²) in [5, 5.41) is 2.96. The summed E-state index contributed by atoms with van der Waals surface area (Å²) in [7, 11) is 0. The number of hydrogen-bond acceptors (Lipinski definition) is 1. The van der Waals surface area contributed by atoms with Crippen LogP contribution in [0.2, 0.25) is 0 Å². The van der Waals surface area contributed by atoms with Crippen LogP contribution in [0.1, 0.15) is 43.4 Å². The molecule has 5 heteroatoms. The summed E-state index contributed by atoms with van der Waals surface area (Å²) < 4.78 is 38.9. The van der Waals surface area contributed by atoms with Crippen molar-refractivity contribution in [3.63, 3.8) is 0 Å². The zero-order valence-corrected chi connectivity index (χ0v) is 14.9. The molecule has 0 bridgehead atoms. The number of nitrogens with one attached hydrogen (secondary N) is 1. The van der Waals surface area contributed by atoms with Gasteiger partial charge < -0.3 is 5.32 Å². The molecule has 0 spiro atoms. The van der Waals surface area contributed by atoms with Gasteiger partial charge in [-0.1, -0.05) is 62.4 Å². The molecule has 1 aliphatic carbocycles. The van der Waals surface area contributed by atoms with Gasteiger partial charge in [0.2, 0.25) is 5.91 Å². The topological polar surface area (TPSA) is 29.1 Å². The molecule has 2 aromatic rings. The number of alkyl halides is 3. The van der Waals surface area contributed by atoms with Gasteiger partial charge in [-0.2, -0.15) is 13.2 Å². The lowest BCUT2D eigenvalue weighted by Crippen LogP contribution is -2.42. The lowest BCUT2D eigenvalue weighted by molar-refractivity contribution is -0.137. The van der Waals surface area contributed by atoms with Crippen LogP contribution in [0.25, 0.3) is 0 Å². The van der Waals surface area contributed by atoms with E-state index >= 15 is 0 Å². The maximum Gasteiger partial charge on any atom is 0.416 e. The third kappa shape index (κ3) is 3.62. The monoisotopic (exact) mass is 361 g/mol. The van der Waals surface area contributed by atoms with Crippen LogP contribution in [0, 0.1) is 0 Å². The Bertz CT molecular complexity index is 792. The molecule has 138 valence electrons. The van der Waals surface area contributed by atoms with E-state index in [9.17, 15) is 18.0 Å². The molecule has 1 fully saturated rings. The normalized spacial score (nSPS) is 16.2. The van der Waals surface area contributed by atoms with Gasteiger partial charge in [0, 0.05) is 12.0 Å². The molecule has 0 aromatic heterocycles.